The molecule has 0 aliphatic carbocycles. The lowest BCUT2D eigenvalue weighted by molar-refractivity contribution is -0.148. The van der Waals surface area contributed by atoms with E-state index in [1.54, 1.807) is 17.3 Å². The number of hydrogen-bond acceptors (Lipinski definition) is 4. The monoisotopic (exact) mass is 262 g/mol. The number of methoxy groups -OCH3 is 1. The molecule has 1 aliphatic heterocycles. The number of rotatable bonds is 3. The van der Waals surface area contributed by atoms with Gasteiger partial charge in [-0.3, -0.25) is 14.6 Å². The lowest BCUT2D eigenvalue weighted by Crippen LogP contribution is -2.43. The molecule has 0 N–H and O–H groups in total. The lowest BCUT2D eigenvalue weighted by atomic mass is 9.97. The highest BCUT2D eigenvalue weighted by atomic mass is 16.5. The van der Waals surface area contributed by atoms with Crippen molar-refractivity contribution in [3.8, 4) is 0 Å². The molecule has 0 saturated carbocycles. The van der Waals surface area contributed by atoms with Crippen molar-refractivity contribution in [3.63, 3.8) is 0 Å². The Balaban J connectivity index is 1.94. The molecule has 102 valence electrons. The molecular formula is C14H18N2O3. The Hall–Kier alpha value is -1.91. The molecule has 0 aromatic carbocycles. The number of aromatic nitrogens is 1. The molecular weight excluding hydrogens is 244 g/mol. The van der Waals surface area contributed by atoms with E-state index in [-0.39, 0.29) is 17.8 Å². The maximum atomic E-state index is 12.2. The molecule has 5 heteroatoms. The number of likely N-dealkylation sites (tertiary alicyclic amines) is 1. The summed E-state index contributed by atoms with van der Waals surface area (Å²) in [6.45, 7) is 1.19. The highest BCUT2D eigenvalue weighted by Gasteiger charge is 2.28. The van der Waals surface area contributed by atoms with Gasteiger partial charge in [-0.25, -0.2) is 0 Å². The highest BCUT2D eigenvalue weighted by Crippen LogP contribution is 2.18. The molecule has 1 fully saturated rings. The third-order valence-corrected chi connectivity index (χ3v) is 3.41. The first-order valence-electron chi connectivity index (χ1n) is 6.45. The number of piperidine rings is 1. The summed E-state index contributed by atoms with van der Waals surface area (Å²) < 4.78 is 4.75. The number of pyridine rings is 1. The quantitative estimate of drug-likeness (QED) is 0.764. The number of hydrogen-bond donors (Lipinski definition) is 0. The predicted molar refractivity (Wildman–Crippen MR) is 69.3 cm³/mol. The van der Waals surface area contributed by atoms with Crippen LogP contribution in [0.5, 0.6) is 0 Å². The van der Waals surface area contributed by atoms with Crippen LogP contribution < -0.4 is 0 Å². The van der Waals surface area contributed by atoms with E-state index in [4.69, 9.17) is 4.74 Å². The van der Waals surface area contributed by atoms with Crippen LogP contribution in [-0.4, -0.2) is 42.0 Å². The van der Waals surface area contributed by atoms with Crippen molar-refractivity contribution >= 4 is 11.9 Å². The van der Waals surface area contributed by atoms with E-state index in [1.165, 1.54) is 7.11 Å². The minimum absolute atomic E-state index is 0.0554. The van der Waals surface area contributed by atoms with Crippen molar-refractivity contribution in [1.29, 1.82) is 0 Å². The highest BCUT2D eigenvalue weighted by molar-refractivity contribution is 5.80. The van der Waals surface area contributed by atoms with Gasteiger partial charge in [0.1, 0.15) is 0 Å². The predicted octanol–water partition coefficient (Wildman–Crippen LogP) is 1.04. The van der Waals surface area contributed by atoms with Gasteiger partial charge in [0.05, 0.1) is 19.4 Å². The summed E-state index contributed by atoms with van der Waals surface area (Å²) in [5.74, 6) is -0.346. The number of nitrogens with zero attached hydrogens (tertiary/aromatic N) is 2. The summed E-state index contributed by atoms with van der Waals surface area (Å²) in [5, 5.41) is 0. The Morgan fingerprint density at radius 1 is 1.42 bits per heavy atom. The van der Waals surface area contributed by atoms with Crippen molar-refractivity contribution in [2.45, 2.75) is 19.3 Å². The first kappa shape index (κ1) is 13.5. The maximum absolute atomic E-state index is 12.2. The summed E-state index contributed by atoms with van der Waals surface area (Å²) in [6, 6.07) is 3.67. The van der Waals surface area contributed by atoms with Crippen LogP contribution in [0.3, 0.4) is 0 Å². The van der Waals surface area contributed by atoms with Gasteiger partial charge < -0.3 is 9.64 Å². The molecule has 0 radical (unpaired) electrons. The number of carbonyl (C=O) groups excluding carboxylic acids is 2. The summed E-state index contributed by atoms with van der Waals surface area (Å²) in [4.78, 5) is 29.4. The Morgan fingerprint density at radius 3 is 2.84 bits per heavy atom. The third-order valence-electron chi connectivity index (χ3n) is 3.41. The zero-order valence-electron chi connectivity index (χ0n) is 11.0. The number of esters is 1. The van der Waals surface area contributed by atoms with Gasteiger partial charge in [0.15, 0.2) is 0 Å². The zero-order valence-corrected chi connectivity index (χ0v) is 11.0. The number of carbonyl (C=O) groups is 2. The number of amides is 1. The summed E-state index contributed by atoms with van der Waals surface area (Å²) >= 11 is 0. The molecule has 19 heavy (non-hydrogen) atoms. The second kappa shape index (κ2) is 6.31. The zero-order chi connectivity index (χ0) is 13.7. The largest absolute Gasteiger partial charge is 0.469 e. The van der Waals surface area contributed by atoms with Gasteiger partial charge in [0, 0.05) is 25.5 Å². The smallest absolute Gasteiger partial charge is 0.310 e. The molecule has 2 rings (SSSR count). The van der Waals surface area contributed by atoms with Crippen LogP contribution in [0, 0.1) is 5.92 Å². The number of ether oxygens (including phenoxy) is 1. The van der Waals surface area contributed by atoms with Crippen LogP contribution >= 0.6 is 0 Å². The fourth-order valence-corrected chi connectivity index (χ4v) is 2.35. The molecule has 1 aromatic heterocycles. The van der Waals surface area contributed by atoms with Crippen LogP contribution in [-0.2, 0) is 20.7 Å². The van der Waals surface area contributed by atoms with Crippen LogP contribution in [0.15, 0.2) is 24.5 Å². The van der Waals surface area contributed by atoms with Crippen LogP contribution in [0.1, 0.15) is 18.4 Å². The van der Waals surface area contributed by atoms with Gasteiger partial charge in [0.25, 0.3) is 0 Å². The summed E-state index contributed by atoms with van der Waals surface area (Å²) in [5.41, 5.74) is 0.945. The van der Waals surface area contributed by atoms with Crippen LogP contribution in [0.25, 0.3) is 0 Å². The minimum atomic E-state index is -0.221. The topological polar surface area (TPSA) is 59.5 Å². The van der Waals surface area contributed by atoms with E-state index in [2.05, 4.69) is 4.98 Å². The molecule has 5 nitrogen and oxygen atoms in total. The maximum Gasteiger partial charge on any atom is 0.310 e. The third kappa shape index (κ3) is 3.53. The first-order chi connectivity index (χ1) is 9.20. The molecule has 2 heterocycles. The molecule has 1 amide bonds. The van der Waals surface area contributed by atoms with Gasteiger partial charge in [0.2, 0.25) is 5.91 Å². The van der Waals surface area contributed by atoms with Crippen molar-refractivity contribution in [1.82, 2.24) is 9.88 Å². The molecule has 1 aromatic rings. The summed E-state index contributed by atoms with van der Waals surface area (Å²) in [6.07, 6.45) is 5.36. The van der Waals surface area contributed by atoms with E-state index in [0.717, 1.165) is 24.9 Å². The van der Waals surface area contributed by atoms with Crippen molar-refractivity contribution < 1.29 is 14.3 Å². The van der Waals surface area contributed by atoms with Gasteiger partial charge in [-0.1, -0.05) is 0 Å². The van der Waals surface area contributed by atoms with E-state index in [9.17, 15) is 9.59 Å². The second-order valence-electron chi connectivity index (χ2n) is 4.73. The Labute approximate surface area is 112 Å². The molecule has 1 aliphatic rings. The Bertz CT molecular complexity index is 447. The molecule has 1 atom stereocenters. The molecule has 1 saturated heterocycles. The Kier molecular flexibility index (Phi) is 4.49. The summed E-state index contributed by atoms with van der Waals surface area (Å²) in [7, 11) is 1.39. The van der Waals surface area contributed by atoms with E-state index < -0.39 is 0 Å². The average molecular weight is 262 g/mol. The van der Waals surface area contributed by atoms with E-state index in [1.807, 2.05) is 12.1 Å². The van der Waals surface area contributed by atoms with E-state index >= 15 is 0 Å². The Morgan fingerprint density at radius 2 is 2.16 bits per heavy atom. The fraction of sp³-hybridized carbons (Fsp3) is 0.500. The lowest BCUT2D eigenvalue weighted by Gasteiger charge is -2.31. The van der Waals surface area contributed by atoms with Crippen molar-refractivity contribution in [2.75, 3.05) is 20.2 Å². The SMILES string of the molecule is COC(=O)[C@H]1CCCN(C(=O)Cc2ccncc2)C1. The molecule has 0 spiro atoms. The van der Waals surface area contributed by atoms with Gasteiger partial charge in [-0.05, 0) is 30.5 Å². The van der Waals surface area contributed by atoms with Gasteiger partial charge in [-0.15, -0.1) is 0 Å². The van der Waals surface area contributed by atoms with Crippen molar-refractivity contribution in [3.05, 3.63) is 30.1 Å². The van der Waals surface area contributed by atoms with Crippen LogP contribution in [0.4, 0.5) is 0 Å². The van der Waals surface area contributed by atoms with Crippen LogP contribution in [0.2, 0.25) is 0 Å². The van der Waals surface area contributed by atoms with Crippen molar-refractivity contribution in [2.24, 2.45) is 5.92 Å². The first-order valence-corrected chi connectivity index (χ1v) is 6.45. The van der Waals surface area contributed by atoms with E-state index in [0.29, 0.717) is 13.0 Å². The van der Waals surface area contributed by atoms with Gasteiger partial charge in [-0.2, -0.15) is 0 Å². The minimum Gasteiger partial charge on any atom is -0.469 e. The normalized spacial score (nSPS) is 19.0. The second-order valence-corrected chi connectivity index (χ2v) is 4.73. The average Bonchev–Trinajstić information content (AvgIpc) is 2.47. The fourth-order valence-electron chi connectivity index (χ4n) is 2.35. The van der Waals surface area contributed by atoms with Gasteiger partial charge >= 0.3 is 5.97 Å². The molecule has 0 bridgehead atoms. The molecule has 0 unspecified atom stereocenters. The standard InChI is InChI=1S/C14H18N2O3/c1-19-14(18)12-3-2-8-16(10-12)13(17)9-11-4-6-15-7-5-11/h4-7,12H,2-3,8-10H2,1H3/t12-/m0/s1.